The van der Waals surface area contributed by atoms with Gasteiger partial charge in [0.2, 0.25) is 5.91 Å². The number of carbonyl (C=O) groups is 2. The van der Waals surface area contributed by atoms with Crippen molar-refractivity contribution in [2.24, 2.45) is 0 Å². The quantitative estimate of drug-likeness (QED) is 0.467. The van der Waals surface area contributed by atoms with Gasteiger partial charge in [0.05, 0.1) is 40.2 Å². The molecule has 0 unspecified atom stereocenters. The van der Waals surface area contributed by atoms with E-state index in [0.29, 0.717) is 23.7 Å². The van der Waals surface area contributed by atoms with Crippen LogP contribution in [0, 0.1) is 18.3 Å². The molecular formula is C19H25N3O5S2. The first-order valence-electron chi connectivity index (χ1n) is 9.39. The lowest BCUT2D eigenvalue weighted by atomic mass is 10.1. The minimum Gasteiger partial charge on any atom is -0.462 e. The van der Waals surface area contributed by atoms with Crippen LogP contribution in [0.3, 0.4) is 0 Å². The molecule has 0 spiro atoms. The fourth-order valence-electron chi connectivity index (χ4n) is 3.24. The van der Waals surface area contributed by atoms with E-state index >= 15 is 0 Å². The van der Waals surface area contributed by atoms with Crippen molar-refractivity contribution < 1.29 is 22.7 Å². The number of amides is 1. The van der Waals surface area contributed by atoms with Crippen molar-refractivity contribution in [1.82, 2.24) is 9.88 Å². The molecule has 1 aromatic heterocycles. The van der Waals surface area contributed by atoms with Gasteiger partial charge in [0.1, 0.15) is 11.1 Å². The van der Waals surface area contributed by atoms with Gasteiger partial charge in [-0.15, -0.1) is 0 Å². The second kappa shape index (κ2) is 9.59. The molecule has 0 N–H and O–H groups in total. The standard InChI is InChI=1S/C19H25N3O5S2/c1-5-22(15-7-8-29(25,26)11-15)18(23)13(4)28-17-14(10-20)9-16(12(3)21-17)19(24)27-6-2/h9,13,15H,5-8,11H2,1-4H3/t13-,15+/m1/s1. The molecule has 2 rings (SSSR count). The van der Waals surface area contributed by atoms with E-state index in [4.69, 9.17) is 4.74 Å². The molecule has 0 bridgehead atoms. The molecule has 158 valence electrons. The van der Waals surface area contributed by atoms with E-state index in [-0.39, 0.29) is 41.2 Å². The monoisotopic (exact) mass is 439 g/mol. The topological polar surface area (TPSA) is 117 Å². The van der Waals surface area contributed by atoms with E-state index < -0.39 is 21.1 Å². The highest BCUT2D eigenvalue weighted by Gasteiger charge is 2.35. The van der Waals surface area contributed by atoms with Crippen molar-refractivity contribution in [2.45, 2.75) is 50.4 Å². The Labute approximate surface area is 175 Å². The largest absolute Gasteiger partial charge is 0.462 e. The van der Waals surface area contributed by atoms with Gasteiger partial charge >= 0.3 is 5.97 Å². The summed E-state index contributed by atoms with van der Waals surface area (Å²) < 4.78 is 28.5. The Morgan fingerprint density at radius 2 is 2.14 bits per heavy atom. The Bertz CT molecular complexity index is 940. The number of rotatable bonds is 7. The number of ether oxygens (including phenoxy) is 1. The third-order valence-corrected chi connectivity index (χ3v) is 7.54. The van der Waals surface area contributed by atoms with Gasteiger partial charge in [0.15, 0.2) is 9.84 Å². The molecule has 8 nitrogen and oxygen atoms in total. The number of esters is 1. The normalized spacial score (nSPS) is 18.7. The van der Waals surface area contributed by atoms with Gasteiger partial charge in [-0.3, -0.25) is 4.79 Å². The second-order valence-corrected chi connectivity index (χ2v) is 10.3. The molecule has 0 aliphatic carbocycles. The summed E-state index contributed by atoms with van der Waals surface area (Å²) in [6.45, 7) is 7.48. The summed E-state index contributed by atoms with van der Waals surface area (Å²) >= 11 is 1.13. The van der Waals surface area contributed by atoms with Crippen LogP contribution in [0.25, 0.3) is 0 Å². The predicted molar refractivity (Wildman–Crippen MR) is 109 cm³/mol. The number of hydrogen-bond donors (Lipinski definition) is 0. The van der Waals surface area contributed by atoms with E-state index in [1.165, 1.54) is 6.07 Å². The van der Waals surface area contributed by atoms with Crippen molar-refractivity contribution in [3.05, 3.63) is 22.9 Å². The molecule has 29 heavy (non-hydrogen) atoms. The summed E-state index contributed by atoms with van der Waals surface area (Å²) in [5.74, 6) is -0.664. The Hall–Kier alpha value is -2.12. The maximum absolute atomic E-state index is 12.9. The van der Waals surface area contributed by atoms with Gasteiger partial charge in [-0.05, 0) is 40.2 Å². The minimum absolute atomic E-state index is 0.0149. The van der Waals surface area contributed by atoms with E-state index in [9.17, 15) is 23.3 Å². The smallest absolute Gasteiger partial charge is 0.340 e. The predicted octanol–water partition coefficient (Wildman–Crippen LogP) is 1.95. The van der Waals surface area contributed by atoms with Crippen LogP contribution in [0.5, 0.6) is 0 Å². The van der Waals surface area contributed by atoms with E-state index in [1.807, 2.05) is 13.0 Å². The molecule has 0 aromatic carbocycles. The summed E-state index contributed by atoms with van der Waals surface area (Å²) in [6, 6.07) is 3.13. The third kappa shape index (κ3) is 5.48. The molecule has 1 saturated heterocycles. The minimum atomic E-state index is -3.10. The van der Waals surface area contributed by atoms with E-state index in [1.54, 1.807) is 25.7 Å². The number of aromatic nitrogens is 1. The van der Waals surface area contributed by atoms with Crippen molar-refractivity contribution in [3.8, 4) is 6.07 Å². The zero-order valence-electron chi connectivity index (χ0n) is 17.0. The highest BCUT2D eigenvalue weighted by molar-refractivity contribution is 8.00. The second-order valence-electron chi connectivity index (χ2n) is 6.75. The van der Waals surface area contributed by atoms with Crippen LogP contribution in [0.2, 0.25) is 0 Å². The molecular weight excluding hydrogens is 414 g/mol. The van der Waals surface area contributed by atoms with Crippen LogP contribution in [-0.2, 0) is 19.4 Å². The van der Waals surface area contributed by atoms with Crippen LogP contribution in [-0.4, -0.2) is 66.1 Å². The zero-order valence-corrected chi connectivity index (χ0v) is 18.6. The summed E-state index contributed by atoms with van der Waals surface area (Å²) in [5.41, 5.74) is 0.826. The lowest BCUT2D eigenvalue weighted by Gasteiger charge is -2.29. The summed E-state index contributed by atoms with van der Waals surface area (Å²) in [7, 11) is -3.10. The molecule has 1 amide bonds. The molecule has 1 aliphatic rings. The van der Waals surface area contributed by atoms with Gasteiger partial charge in [-0.1, -0.05) is 11.8 Å². The number of thioether (sulfide) groups is 1. The average molecular weight is 440 g/mol. The maximum atomic E-state index is 12.9. The van der Waals surface area contributed by atoms with E-state index in [2.05, 4.69) is 4.98 Å². The number of pyridine rings is 1. The van der Waals surface area contributed by atoms with Crippen LogP contribution < -0.4 is 0 Å². The van der Waals surface area contributed by atoms with Crippen molar-refractivity contribution in [1.29, 1.82) is 5.26 Å². The number of nitrogens with zero attached hydrogens (tertiary/aromatic N) is 3. The molecule has 0 saturated carbocycles. The first kappa shape index (κ1) is 23.2. The van der Waals surface area contributed by atoms with Crippen molar-refractivity contribution in [2.75, 3.05) is 24.7 Å². The Morgan fingerprint density at radius 3 is 2.66 bits per heavy atom. The number of nitriles is 1. The molecule has 1 aliphatic heterocycles. The Morgan fingerprint density at radius 1 is 1.45 bits per heavy atom. The van der Waals surface area contributed by atoms with Gasteiger partial charge in [-0.2, -0.15) is 5.26 Å². The maximum Gasteiger partial charge on any atom is 0.340 e. The fourth-order valence-corrected chi connectivity index (χ4v) is 5.96. The molecule has 2 heterocycles. The van der Waals surface area contributed by atoms with Gasteiger partial charge in [0, 0.05) is 12.6 Å². The zero-order chi connectivity index (χ0) is 21.8. The van der Waals surface area contributed by atoms with Crippen LogP contribution in [0.1, 0.15) is 48.8 Å². The Balaban J connectivity index is 2.21. The fraction of sp³-hybridized carbons (Fsp3) is 0.579. The first-order valence-corrected chi connectivity index (χ1v) is 12.1. The van der Waals surface area contributed by atoms with Crippen LogP contribution in [0.4, 0.5) is 0 Å². The summed E-state index contributed by atoms with van der Waals surface area (Å²) in [6.07, 6.45) is 0.439. The molecule has 1 aromatic rings. The highest BCUT2D eigenvalue weighted by atomic mass is 32.2. The number of sulfone groups is 1. The van der Waals surface area contributed by atoms with Crippen LogP contribution >= 0.6 is 11.8 Å². The number of carbonyl (C=O) groups excluding carboxylic acids is 2. The average Bonchev–Trinajstić information content (AvgIpc) is 3.02. The van der Waals surface area contributed by atoms with Crippen molar-refractivity contribution >= 4 is 33.5 Å². The molecule has 1 fully saturated rings. The van der Waals surface area contributed by atoms with Gasteiger partial charge in [0.25, 0.3) is 0 Å². The number of hydrogen-bond acceptors (Lipinski definition) is 8. The SMILES string of the molecule is CCOC(=O)c1cc(C#N)c(S[C@H](C)C(=O)N(CC)[C@H]2CCS(=O)(=O)C2)nc1C. The van der Waals surface area contributed by atoms with E-state index in [0.717, 1.165) is 11.8 Å². The highest BCUT2D eigenvalue weighted by Crippen LogP contribution is 2.29. The van der Waals surface area contributed by atoms with Crippen molar-refractivity contribution in [3.63, 3.8) is 0 Å². The number of aryl methyl sites for hydroxylation is 1. The van der Waals surface area contributed by atoms with Gasteiger partial charge < -0.3 is 9.64 Å². The van der Waals surface area contributed by atoms with Crippen LogP contribution in [0.15, 0.2) is 11.1 Å². The molecule has 10 heteroatoms. The molecule has 0 radical (unpaired) electrons. The lowest BCUT2D eigenvalue weighted by molar-refractivity contribution is -0.131. The first-order chi connectivity index (χ1) is 13.6. The lowest BCUT2D eigenvalue weighted by Crippen LogP contribution is -2.44. The van der Waals surface area contributed by atoms with Gasteiger partial charge in [-0.25, -0.2) is 18.2 Å². The summed E-state index contributed by atoms with van der Waals surface area (Å²) in [5, 5.41) is 9.26. The third-order valence-electron chi connectivity index (χ3n) is 4.70. The summed E-state index contributed by atoms with van der Waals surface area (Å²) in [4.78, 5) is 30.9. The molecule has 2 atom stereocenters. The Kier molecular flexibility index (Phi) is 7.66.